The molecule has 2 N–H and O–H groups in total. The minimum atomic E-state index is -0.325. The van der Waals surface area contributed by atoms with Crippen molar-refractivity contribution in [3.8, 4) is 0 Å². The first-order chi connectivity index (χ1) is 8.66. The van der Waals surface area contributed by atoms with Gasteiger partial charge in [0.15, 0.2) is 0 Å². The first-order valence-electron chi connectivity index (χ1n) is 6.31. The molecule has 2 rings (SSSR count). The third kappa shape index (κ3) is 3.23. The number of rotatable bonds is 3. The molecule has 1 unspecified atom stereocenters. The molecule has 1 aromatic carbocycles. The van der Waals surface area contributed by atoms with E-state index < -0.39 is 0 Å². The van der Waals surface area contributed by atoms with Crippen molar-refractivity contribution in [3.63, 3.8) is 0 Å². The summed E-state index contributed by atoms with van der Waals surface area (Å²) in [6.45, 7) is 2.96. The fourth-order valence-electron chi connectivity index (χ4n) is 2.04. The van der Waals surface area contributed by atoms with Crippen molar-refractivity contribution in [3.05, 3.63) is 29.3 Å². The van der Waals surface area contributed by atoms with Gasteiger partial charge >= 0.3 is 5.97 Å². The second kappa shape index (κ2) is 5.87. The van der Waals surface area contributed by atoms with E-state index in [9.17, 15) is 4.79 Å². The van der Waals surface area contributed by atoms with Crippen molar-refractivity contribution in [2.75, 3.05) is 18.9 Å². The highest BCUT2D eigenvalue weighted by Crippen LogP contribution is 2.16. The normalized spacial score (nSPS) is 19.5. The Hall–Kier alpha value is -1.55. The summed E-state index contributed by atoms with van der Waals surface area (Å²) in [5.41, 5.74) is 7.65. The quantitative estimate of drug-likeness (QED) is 0.659. The van der Waals surface area contributed by atoms with E-state index in [0.29, 0.717) is 17.9 Å². The van der Waals surface area contributed by atoms with Crippen LogP contribution in [0.2, 0.25) is 0 Å². The van der Waals surface area contributed by atoms with Crippen molar-refractivity contribution in [2.45, 2.75) is 32.3 Å². The third-order valence-electron chi connectivity index (χ3n) is 3.16. The van der Waals surface area contributed by atoms with Crippen molar-refractivity contribution < 1.29 is 14.3 Å². The number of hydrogen-bond donors (Lipinski definition) is 1. The molecule has 0 aromatic heterocycles. The van der Waals surface area contributed by atoms with Crippen LogP contribution >= 0.6 is 0 Å². The molecule has 98 valence electrons. The number of esters is 1. The molecule has 4 nitrogen and oxygen atoms in total. The predicted molar refractivity (Wildman–Crippen MR) is 69.5 cm³/mol. The lowest BCUT2D eigenvalue weighted by Crippen LogP contribution is -2.26. The number of ether oxygens (including phenoxy) is 2. The highest BCUT2D eigenvalue weighted by atomic mass is 16.6. The van der Waals surface area contributed by atoms with Gasteiger partial charge in [-0.15, -0.1) is 0 Å². The van der Waals surface area contributed by atoms with E-state index in [0.717, 1.165) is 31.4 Å². The highest BCUT2D eigenvalue weighted by molar-refractivity contribution is 5.92. The Morgan fingerprint density at radius 3 is 3.06 bits per heavy atom. The van der Waals surface area contributed by atoms with Crippen LogP contribution in [0, 0.1) is 6.92 Å². The second-order valence-electron chi connectivity index (χ2n) is 4.66. The number of hydrogen-bond acceptors (Lipinski definition) is 4. The van der Waals surface area contributed by atoms with Crippen LogP contribution in [0.5, 0.6) is 0 Å². The van der Waals surface area contributed by atoms with Crippen molar-refractivity contribution in [1.29, 1.82) is 0 Å². The largest absolute Gasteiger partial charge is 0.459 e. The maximum atomic E-state index is 11.9. The first-order valence-corrected chi connectivity index (χ1v) is 6.31. The summed E-state index contributed by atoms with van der Waals surface area (Å²) < 4.78 is 10.8. The molecule has 4 heteroatoms. The molecule has 1 saturated heterocycles. The Balaban J connectivity index is 1.92. The van der Waals surface area contributed by atoms with Gasteiger partial charge in [-0.1, -0.05) is 6.07 Å². The Morgan fingerprint density at radius 2 is 2.33 bits per heavy atom. The summed E-state index contributed by atoms with van der Waals surface area (Å²) in [4.78, 5) is 11.9. The lowest BCUT2D eigenvalue weighted by atomic mass is 10.1. The number of carbonyl (C=O) groups is 1. The molecule has 0 amide bonds. The number of benzene rings is 1. The Bertz CT molecular complexity index is 425. The fourth-order valence-corrected chi connectivity index (χ4v) is 2.04. The Morgan fingerprint density at radius 1 is 1.50 bits per heavy atom. The standard InChI is InChI=1S/C14H19NO3/c1-10-5-6-11(15)8-13(10)14(16)18-9-12-4-2-3-7-17-12/h5-6,8,12H,2-4,7,9,15H2,1H3. The van der Waals surface area contributed by atoms with E-state index in [1.807, 2.05) is 13.0 Å². The molecule has 1 heterocycles. The zero-order chi connectivity index (χ0) is 13.0. The molecule has 1 aliphatic heterocycles. The predicted octanol–water partition coefficient (Wildman–Crippen LogP) is 2.30. The van der Waals surface area contributed by atoms with Crippen LogP contribution in [0.4, 0.5) is 5.69 Å². The number of carbonyl (C=O) groups excluding carboxylic acids is 1. The number of nitrogens with two attached hydrogens (primary N) is 1. The van der Waals surface area contributed by atoms with Gasteiger partial charge in [0.2, 0.25) is 0 Å². The summed E-state index contributed by atoms with van der Waals surface area (Å²) in [5.74, 6) is -0.325. The summed E-state index contributed by atoms with van der Waals surface area (Å²) in [5, 5.41) is 0. The van der Waals surface area contributed by atoms with E-state index in [2.05, 4.69) is 0 Å². The van der Waals surface area contributed by atoms with Gasteiger partial charge in [-0.2, -0.15) is 0 Å². The minimum Gasteiger partial charge on any atom is -0.459 e. The maximum absolute atomic E-state index is 11.9. The molecule has 0 aliphatic carbocycles. The third-order valence-corrected chi connectivity index (χ3v) is 3.16. The molecule has 0 spiro atoms. The van der Waals surface area contributed by atoms with Gasteiger partial charge < -0.3 is 15.2 Å². The fraction of sp³-hybridized carbons (Fsp3) is 0.500. The van der Waals surface area contributed by atoms with Crippen LogP contribution in [0.1, 0.15) is 35.2 Å². The molecule has 0 radical (unpaired) electrons. The molecular weight excluding hydrogens is 230 g/mol. The lowest BCUT2D eigenvalue weighted by Gasteiger charge is -2.22. The summed E-state index contributed by atoms with van der Waals surface area (Å²) >= 11 is 0. The van der Waals surface area contributed by atoms with Crippen LogP contribution in [0.25, 0.3) is 0 Å². The molecule has 1 aromatic rings. The van der Waals surface area contributed by atoms with Crippen LogP contribution in [0.3, 0.4) is 0 Å². The van der Waals surface area contributed by atoms with Crippen LogP contribution in [-0.2, 0) is 9.47 Å². The maximum Gasteiger partial charge on any atom is 0.338 e. The molecule has 18 heavy (non-hydrogen) atoms. The van der Waals surface area contributed by atoms with E-state index in [1.54, 1.807) is 12.1 Å². The van der Waals surface area contributed by atoms with E-state index in [4.69, 9.17) is 15.2 Å². The number of aryl methyl sites for hydroxylation is 1. The van der Waals surface area contributed by atoms with Crippen molar-refractivity contribution in [2.24, 2.45) is 0 Å². The smallest absolute Gasteiger partial charge is 0.338 e. The zero-order valence-electron chi connectivity index (χ0n) is 10.6. The van der Waals surface area contributed by atoms with E-state index in [-0.39, 0.29) is 12.1 Å². The first kappa shape index (κ1) is 12.9. The highest BCUT2D eigenvalue weighted by Gasteiger charge is 2.17. The van der Waals surface area contributed by atoms with Crippen LogP contribution in [-0.4, -0.2) is 25.3 Å². The molecule has 1 atom stereocenters. The minimum absolute atomic E-state index is 0.0454. The molecule has 0 bridgehead atoms. The SMILES string of the molecule is Cc1ccc(N)cc1C(=O)OCC1CCCCO1. The average molecular weight is 249 g/mol. The van der Waals surface area contributed by atoms with Crippen molar-refractivity contribution >= 4 is 11.7 Å². The van der Waals surface area contributed by atoms with Gasteiger partial charge in [0.1, 0.15) is 6.61 Å². The monoisotopic (exact) mass is 249 g/mol. The van der Waals surface area contributed by atoms with Crippen molar-refractivity contribution in [1.82, 2.24) is 0 Å². The lowest BCUT2D eigenvalue weighted by molar-refractivity contribution is -0.0300. The van der Waals surface area contributed by atoms with Gasteiger partial charge in [-0.3, -0.25) is 0 Å². The van der Waals surface area contributed by atoms with Crippen LogP contribution in [0.15, 0.2) is 18.2 Å². The second-order valence-corrected chi connectivity index (χ2v) is 4.66. The van der Waals surface area contributed by atoms with E-state index in [1.165, 1.54) is 0 Å². The Kier molecular flexibility index (Phi) is 4.20. The van der Waals surface area contributed by atoms with Gasteiger partial charge in [-0.25, -0.2) is 4.79 Å². The summed E-state index contributed by atoms with van der Waals surface area (Å²) in [6.07, 6.45) is 3.24. The summed E-state index contributed by atoms with van der Waals surface area (Å²) in [6, 6.07) is 5.25. The van der Waals surface area contributed by atoms with Crippen LogP contribution < -0.4 is 5.73 Å². The average Bonchev–Trinajstić information content (AvgIpc) is 2.40. The topological polar surface area (TPSA) is 61.6 Å². The molecular formula is C14H19NO3. The van der Waals surface area contributed by atoms with Gasteiger partial charge in [0.05, 0.1) is 11.7 Å². The molecule has 1 fully saturated rings. The molecule has 0 saturated carbocycles. The zero-order valence-corrected chi connectivity index (χ0v) is 10.6. The molecule has 1 aliphatic rings. The van der Waals surface area contributed by atoms with Gasteiger partial charge in [0, 0.05) is 12.3 Å². The Labute approximate surface area is 107 Å². The number of nitrogen functional groups attached to an aromatic ring is 1. The number of anilines is 1. The van der Waals surface area contributed by atoms with Gasteiger partial charge in [-0.05, 0) is 43.9 Å². The van der Waals surface area contributed by atoms with Gasteiger partial charge in [0.25, 0.3) is 0 Å². The van der Waals surface area contributed by atoms with E-state index >= 15 is 0 Å². The summed E-state index contributed by atoms with van der Waals surface area (Å²) in [7, 11) is 0.